The second-order valence-corrected chi connectivity index (χ2v) is 4.88. The van der Waals surface area contributed by atoms with E-state index >= 15 is 0 Å². The largest absolute Gasteiger partial charge is 0.483 e. The molecule has 0 atom stereocenters. The minimum atomic E-state index is -4.51. The van der Waals surface area contributed by atoms with Crippen molar-refractivity contribution in [2.45, 2.75) is 20.0 Å². The Kier molecular flexibility index (Phi) is 4.78. The number of benzene rings is 1. The second-order valence-electron chi connectivity index (χ2n) is 4.88. The molecule has 6 nitrogen and oxygen atoms in total. The number of nitrogens with zero attached hydrogens (tertiary/aromatic N) is 2. The highest BCUT2D eigenvalue weighted by molar-refractivity contribution is 6.05. The van der Waals surface area contributed by atoms with Crippen LogP contribution in [0.1, 0.15) is 27.4 Å². The summed E-state index contributed by atoms with van der Waals surface area (Å²) in [5, 5.41) is 15.2. The Hall–Kier alpha value is -3.02. The molecule has 2 aromatic rings. The molecule has 1 aromatic carbocycles. The molecule has 9 heteroatoms. The first kappa shape index (κ1) is 17.3. The molecular weight excluding hydrogens is 327 g/mol. The molecule has 0 bridgehead atoms. The molecule has 1 heterocycles. The first-order chi connectivity index (χ1) is 11.2. The van der Waals surface area contributed by atoms with Crippen molar-refractivity contribution in [2.75, 3.05) is 11.9 Å². The van der Waals surface area contributed by atoms with Gasteiger partial charge in [0, 0.05) is 5.69 Å². The van der Waals surface area contributed by atoms with E-state index in [-0.39, 0.29) is 22.6 Å². The predicted octanol–water partition coefficient (Wildman–Crippen LogP) is 3.36. The van der Waals surface area contributed by atoms with E-state index in [2.05, 4.69) is 15.2 Å². The zero-order chi connectivity index (χ0) is 17.9. The van der Waals surface area contributed by atoms with E-state index < -0.39 is 18.7 Å². The summed E-state index contributed by atoms with van der Waals surface area (Å²) < 4.78 is 46.0. The van der Waals surface area contributed by atoms with Crippen LogP contribution in [0, 0.1) is 25.2 Å². The molecule has 1 amide bonds. The zero-order valence-electron chi connectivity index (χ0n) is 12.7. The summed E-state index contributed by atoms with van der Waals surface area (Å²) in [7, 11) is 0. The van der Waals surface area contributed by atoms with Crippen molar-refractivity contribution in [3.63, 3.8) is 0 Å². The maximum Gasteiger partial charge on any atom is 0.422 e. The van der Waals surface area contributed by atoms with E-state index in [1.807, 2.05) is 0 Å². The molecule has 0 fully saturated rings. The molecule has 0 unspecified atom stereocenters. The van der Waals surface area contributed by atoms with Gasteiger partial charge in [-0.15, -0.1) is 0 Å². The first-order valence-electron chi connectivity index (χ1n) is 6.69. The lowest BCUT2D eigenvalue weighted by molar-refractivity contribution is -0.153. The monoisotopic (exact) mass is 339 g/mol. The number of amides is 1. The number of nitrogens with one attached hydrogen (secondary N) is 1. The van der Waals surface area contributed by atoms with Crippen molar-refractivity contribution >= 4 is 11.6 Å². The zero-order valence-corrected chi connectivity index (χ0v) is 12.7. The number of carbonyl (C=O) groups excluding carboxylic acids is 1. The average molecular weight is 339 g/mol. The highest BCUT2D eigenvalue weighted by Gasteiger charge is 2.29. The normalized spacial score (nSPS) is 11.0. The number of nitriles is 1. The third-order valence-corrected chi connectivity index (χ3v) is 3.01. The first-order valence-corrected chi connectivity index (χ1v) is 6.69. The van der Waals surface area contributed by atoms with E-state index in [1.165, 1.54) is 18.2 Å². The Labute approximate surface area is 134 Å². The number of anilines is 1. The van der Waals surface area contributed by atoms with Gasteiger partial charge < -0.3 is 14.6 Å². The van der Waals surface area contributed by atoms with Crippen LogP contribution in [0.25, 0.3) is 0 Å². The third kappa shape index (κ3) is 4.04. The molecule has 24 heavy (non-hydrogen) atoms. The van der Waals surface area contributed by atoms with E-state index in [9.17, 15) is 18.0 Å². The third-order valence-electron chi connectivity index (χ3n) is 3.01. The number of carbonyl (C=O) groups is 1. The number of aryl methyl sites for hydroxylation is 2. The van der Waals surface area contributed by atoms with Gasteiger partial charge >= 0.3 is 6.18 Å². The average Bonchev–Trinajstić information content (AvgIpc) is 2.84. The van der Waals surface area contributed by atoms with Crippen molar-refractivity contribution < 1.29 is 27.2 Å². The number of ether oxygens (including phenoxy) is 1. The molecule has 1 aromatic heterocycles. The van der Waals surface area contributed by atoms with Crippen LogP contribution in [0.5, 0.6) is 5.75 Å². The molecule has 2 rings (SSSR count). The lowest BCUT2D eigenvalue weighted by Gasteiger charge is -2.11. The highest BCUT2D eigenvalue weighted by atomic mass is 19.4. The molecule has 0 aliphatic heterocycles. The molecule has 0 spiro atoms. The van der Waals surface area contributed by atoms with Crippen LogP contribution in [-0.2, 0) is 0 Å². The van der Waals surface area contributed by atoms with E-state index in [0.717, 1.165) is 0 Å². The van der Waals surface area contributed by atoms with Crippen molar-refractivity contribution in [3.05, 3.63) is 40.8 Å². The standard InChI is InChI=1S/C15H12F3N3O3/c1-8-13(9(2)24-21-8)14(22)20-11-3-4-12(10(5-11)6-19)23-7-15(16,17)18/h3-5H,7H2,1-2H3,(H,20,22). The fraction of sp³-hybridized carbons (Fsp3) is 0.267. The Bertz CT molecular complexity index is 787. The second kappa shape index (κ2) is 6.62. The summed E-state index contributed by atoms with van der Waals surface area (Å²) in [6.45, 7) is 1.66. The quantitative estimate of drug-likeness (QED) is 0.923. The molecule has 0 aliphatic rings. The van der Waals surface area contributed by atoms with E-state index in [1.54, 1.807) is 19.9 Å². The Morgan fingerprint density at radius 1 is 1.42 bits per heavy atom. The van der Waals surface area contributed by atoms with Gasteiger partial charge in [0.1, 0.15) is 23.1 Å². The van der Waals surface area contributed by atoms with Gasteiger partial charge in [-0.05, 0) is 32.0 Å². The van der Waals surface area contributed by atoms with Crippen LogP contribution in [0.4, 0.5) is 18.9 Å². The Morgan fingerprint density at radius 2 is 2.12 bits per heavy atom. The fourth-order valence-corrected chi connectivity index (χ4v) is 1.98. The lowest BCUT2D eigenvalue weighted by Crippen LogP contribution is -2.19. The van der Waals surface area contributed by atoms with Gasteiger partial charge in [0.15, 0.2) is 6.61 Å². The fourth-order valence-electron chi connectivity index (χ4n) is 1.98. The maximum atomic E-state index is 12.2. The SMILES string of the molecule is Cc1noc(C)c1C(=O)Nc1ccc(OCC(F)(F)F)c(C#N)c1. The minimum absolute atomic E-state index is 0.129. The van der Waals surface area contributed by atoms with Crippen molar-refractivity contribution in [3.8, 4) is 11.8 Å². The highest BCUT2D eigenvalue weighted by Crippen LogP contribution is 2.25. The van der Waals surface area contributed by atoms with E-state index in [4.69, 9.17) is 9.78 Å². The van der Waals surface area contributed by atoms with Crippen molar-refractivity contribution in [2.24, 2.45) is 0 Å². The van der Waals surface area contributed by atoms with E-state index in [0.29, 0.717) is 11.5 Å². The van der Waals surface area contributed by atoms with Crippen molar-refractivity contribution in [1.82, 2.24) is 5.16 Å². The van der Waals surface area contributed by atoms with Crippen LogP contribution in [0.3, 0.4) is 0 Å². The van der Waals surface area contributed by atoms with Gasteiger partial charge in [0.05, 0.1) is 11.3 Å². The van der Waals surface area contributed by atoms with Gasteiger partial charge in [0.2, 0.25) is 0 Å². The topological polar surface area (TPSA) is 88.2 Å². The molecule has 1 N–H and O–H groups in total. The number of aromatic nitrogens is 1. The Morgan fingerprint density at radius 3 is 2.67 bits per heavy atom. The summed E-state index contributed by atoms with van der Waals surface area (Å²) in [6.07, 6.45) is -4.51. The van der Waals surface area contributed by atoms with Gasteiger partial charge in [-0.3, -0.25) is 4.79 Å². The summed E-state index contributed by atoms with van der Waals surface area (Å²) in [5.41, 5.74) is 0.758. The van der Waals surface area contributed by atoms with Crippen LogP contribution >= 0.6 is 0 Å². The van der Waals surface area contributed by atoms with Gasteiger partial charge in [-0.25, -0.2) is 0 Å². The number of hydrogen-bond donors (Lipinski definition) is 1. The summed E-state index contributed by atoms with van der Waals surface area (Å²) >= 11 is 0. The maximum absolute atomic E-state index is 12.2. The van der Waals surface area contributed by atoms with Crippen LogP contribution in [-0.4, -0.2) is 23.8 Å². The minimum Gasteiger partial charge on any atom is -0.483 e. The lowest BCUT2D eigenvalue weighted by atomic mass is 10.1. The van der Waals surface area contributed by atoms with Crippen LogP contribution in [0.15, 0.2) is 22.7 Å². The number of halogens is 3. The molecule has 0 aliphatic carbocycles. The molecule has 0 saturated heterocycles. The summed E-state index contributed by atoms with van der Waals surface area (Å²) in [4.78, 5) is 12.2. The predicted molar refractivity (Wildman–Crippen MR) is 76.6 cm³/mol. The van der Waals surface area contributed by atoms with Gasteiger partial charge in [0.25, 0.3) is 5.91 Å². The number of alkyl halides is 3. The molecule has 0 radical (unpaired) electrons. The summed E-state index contributed by atoms with van der Waals surface area (Å²) in [6, 6.07) is 5.48. The number of rotatable bonds is 4. The Balaban J connectivity index is 2.18. The summed E-state index contributed by atoms with van der Waals surface area (Å²) in [5.74, 6) is -0.389. The number of hydrogen-bond acceptors (Lipinski definition) is 5. The smallest absolute Gasteiger partial charge is 0.422 e. The van der Waals surface area contributed by atoms with Gasteiger partial charge in [-0.2, -0.15) is 18.4 Å². The van der Waals surface area contributed by atoms with Crippen LogP contribution < -0.4 is 10.1 Å². The molecular formula is C15H12F3N3O3. The molecule has 0 saturated carbocycles. The van der Waals surface area contributed by atoms with Crippen LogP contribution in [0.2, 0.25) is 0 Å². The van der Waals surface area contributed by atoms with Gasteiger partial charge in [-0.1, -0.05) is 5.16 Å². The van der Waals surface area contributed by atoms with Crippen molar-refractivity contribution in [1.29, 1.82) is 5.26 Å². The molecule has 126 valence electrons.